The normalized spacial score (nSPS) is 10.0. The summed E-state index contributed by atoms with van der Waals surface area (Å²) in [5, 5.41) is 13.9. The fourth-order valence-electron chi connectivity index (χ4n) is 1.42. The van der Waals surface area contributed by atoms with Gasteiger partial charge in [-0.1, -0.05) is 6.07 Å². The predicted octanol–water partition coefficient (Wildman–Crippen LogP) is 2.05. The number of benzene rings is 1. The van der Waals surface area contributed by atoms with E-state index in [-0.39, 0.29) is 11.4 Å². The van der Waals surface area contributed by atoms with Crippen molar-refractivity contribution in [2.24, 2.45) is 0 Å². The molecule has 94 valence electrons. The van der Waals surface area contributed by atoms with Gasteiger partial charge in [-0.2, -0.15) is 0 Å². The molecular formula is C11H16N2O4. The molecule has 1 N–H and O–H groups in total. The van der Waals surface area contributed by atoms with Gasteiger partial charge in [-0.3, -0.25) is 10.1 Å². The van der Waals surface area contributed by atoms with Crippen molar-refractivity contribution in [3.63, 3.8) is 0 Å². The maximum Gasteiger partial charge on any atom is 0.333 e. The molecule has 0 spiro atoms. The Hall–Kier alpha value is -1.82. The fraction of sp³-hybridized carbons (Fsp3) is 0.455. The standard InChI is InChI=1S/C11H16N2O4/c1-3-17-8-7-12-9-5-4-6-10(16-2)11(9)13(14)15/h4-6,12H,3,7-8H2,1-2H3. The van der Waals surface area contributed by atoms with Gasteiger partial charge in [0.15, 0.2) is 5.75 Å². The van der Waals surface area contributed by atoms with Crippen LogP contribution in [0.3, 0.4) is 0 Å². The summed E-state index contributed by atoms with van der Waals surface area (Å²) in [7, 11) is 1.41. The van der Waals surface area contributed by atoms with Gasteiger partial charge in [0.1, 0.15) is 5.69 Å². The molecule has 0 aromatic heterocycles. The number of nitrogens with one attached hydrogen (secondary N) is 1. The number of rotatable bonds is 7. The molecule has 6 heteroatoms. The van der Waals surface area contributed by atoms with Gasteiger partial charge in [-0.25, -0.2) is 0 Å². The van der Waals surface area contributed by atoms with E-state index in [1.807, 2.05) is 6.92 Å². The lowest BCUT2D eigenvalue weighted by atomic mass is 10.2. The van der Waals surface area contributed by atoms with E-state index in [0.29, 0.717) is 25.4 Å². The maximum absolute atomic E-state index is 10.9. The molecule has 0 aliphatic carbocycles. The van der Waals surface area contributed by atoms with Gasteiger partial charge in [0, 0.05) is 13.2 Å². The van der Waals surface area contributed by atoms with E-state index in [9.17, 15) is 10.1 Å². The molecule has 1 aromatic carbocycles. The number of anilines is 1. The summed E-state index contributed by atoms with van der Waals surface area (Å²) >= 11 is 0. The molecule has 0 bridgehead atoms. The van der Waals surface area contributed by atoms with E-state index < -0.39 is 4.92 Å². The number of hydrogen-bond donors (Lipinski definition) is 1. The molecule has 0 aliphatic rings. The average Bonchev–Trinajstić information content (AvgIpc) is 2.33. The van der Waals surface area contributed by atoms with Crippen LogP contribution in [0.15, 0.2) is 18.2 Å². The van der Waals surface area contributed by atoms with Gasteiger partial charge < -0.3 is 14.8 Å². The third-order valence-electron chi connectivity index (χ3n) is 2.17. The van der Waals surface area contributed by atoms with E-state index in [4.69, 9.17) is 9.47 Å². The molecule has 0 amide bonds. The Labute approximate surface area is 99.7 Å². The molecule has 1 aromatic rings. The first-order valence-electron chi connectivity index (χ1n) is 5.33. The number of hydrogen-bond acceptors (Lipinski definition) is 5. The lowest BCUT2D eigenvalue weighted by molar-refractivity contribution is -0.384. The molecule has 0 unspecified atom stereocenters. The number of nitro groups is 1. The molecule has 17 heavy (non-hydrogen) atoms. The maximum atomic E-state index is 10.9. The number of methoxy groups -OCH3 is 1. The lowest BCUT2D eigenvalue weighted by Crippen LogP contribution is -2.10. The smallest absolute Gasteiger partial charge is 0.333 e. The first kappa shape index (κ1) is 13.2. The Bertz CT molecular complexity index is 382. The minimum Gasteiger partial charge on any atom is -0.490 e. The minimum absolute atomic E-state index is 0.0495. The molecule has 0 radical (unpaired) electrons. The first-order chi connectivity index (χ1) is 8.20. The Morgan fingerprint density at radius 1 is 1.47 bits per heavy atom. The second-order valence-electron chi connectivity index (χ2n) is 3.24. The van der Waals surface area contributed by atoms with E-state index in [2.05, 4.69) is 5.32 Å². The largest absolute Gasteiger partial charge is 0.490 e. The Morgan fingerprint density at radius 2 is 2.24 bits per heavy atom. The van der Waals surface area contributed by atoms with Gasteiger partial charge in [0.05, 0.1) is 18.6 Å². The van der Waals surface area contributed by atoms with Crippen LogP contribution >= 0.6 is 0 Å². The van der Waals surface area contributed by atoms with Crippen molar-refractivity contribution in [3.05, 3.63) is 28.3 Å². The molecule has 0 aliphatic heterocycles. The molecule has 0 heterocycles. The summed E-state index contributed by atoms with van der Waals surface area (Å²) in [6, 6.07) is 4.91. The van der Waals surface area contributed by atoms with Crippen molar-refractivity contribution in [1.29, 1.82) is 0 Å². The molecule has 6 nitrogen and oxygen atoms in total. The first-order valence-corrected chi connectivity index (χ1v) is 5.33. The molecule has 0 saturated carbocycles. The second kappa shape index (κ2) is 6.70. The van der Waals surface area contributed by atoms with Crippen molar-refractivity contribution in [2.75, 3.05) is 32.2 Å². The number of nitrogens with zero attached hydrogens (tertiary/aromatic N) is 1. The number of para-hydroxylation sites is 1. The average molecular weight is 240 g/mol. The van der Waals surface area contributed by atoms with Crippen molar-refractivity contribution in [2.45, 2.75) is 6.92 Å². The Morgan fingerprint density at radius 3 is 2.82 bits per heavy atom. The van der Waals surface area contributed by atoms with Crippen molar-refractivity contribution < 1.29 is 14.4 Å². The summed E-state index contributed by atoms with van der Waals surface area (Å²) in [4.78, 5) is 10.5. The van der Waals surface area contributed by atoms with Crippen LogP contribution in [0.25, 0.3) is 0 Å². The van der Waals surface area contributed by atoms with Crippen LogP contribution < -0.4 is 10.1 Å². The summed E-state index contributed by atoms with van der Waals surface area (Å²) < 4.78 is 10.1. The quantitative estimate of drug-likeness (QED) is 0.448. The lowest BCUT2D eigenvalue weighted by Gasteiger charge is -2.09. The zero-order valence-electron chi connectivity index (χ0n) is 9.93. The monoisotopic (exact) mass is 240 g/mol. The highest BCUT2D eigenvalue weighted by molar-refractivity contribution is 5.68. The van der Waals surface area contributed by atoms with Crippen LogP contribution in [0.4, 0.5) is 11.4 Å². The molecule has 1 rings (SSSR count). The highest BCUT2D eigenvalue weighted by Crippen LogP contribution is 2.34. The van der Waals surface area contributed by atoms with Crippen molar-refractivity contribution in [1.82, 2.24) is 0 Å². The van der Waals surface area contributed by atoms with Gasteiger partial charge in [0.25, 0.3) is 0 Å². The minimum atomic E-state index is -0.457. The van der Waals surface area contributed by atoms with Crippen LogP contribution in [0.1, 0.15) is 6.92 Å². The van der Waals surface area contributed by atoms with Crippen LogP contribution in [-0.4, -0.2) is 31.8 Å². The highest BCUT2D eigenvalue weighted by atomic mass is 16.6. The Kier molecular flexibility index (Phi) is 5.22. The highest BCUT2D eigenvalue weighted by Gasteiger charge is 2.19. The molecule has 0 saturated heterocycles. The SMILES string of the molecule is CCOCCNc1cccc(OC)c1[N+](=O)[O-]. The van der Waals surface area contributed by atoms with Crippen LogP contribution in [-0.2, 0) is 4.74 Å². The topological polar surface area (TPSA) is 73.6 Å². The summed E-state index contributed by atoms with van der Waals surface area (Å²) in [6.45, 7) is 3.54. The third-order valence-corrected chi connectivity index (χ3v) is 2.17. The van der Waals surface area contributed by atoms with Crippen LogP contribution in [0, 0.1) is 10.1 Å². The summed E-state index contributed by atoms with van der Waals surface area (Å²) in [6.07, 6.45) is 0. The van der Waals surface area contributed by atoms with Gasteiger partial charge >= 0.3 is 5.69 Å². The van der Waals surface area contributed by atoms with E-state index in [1.54, 1.807) is 18.2 Å². The van der Waals surface area contributed by atoms with Gasteiger partial charge in [-0.05, 0) is 19.1 Å². The Balaban J connectivity index is 2.79. The summed E-state index contributed by atoms with van der Waals surface area (Å²) in [5.74, 6) is 0.247. The van der Waals surface area contributed by atoms with E-state index >= 15 is 0 Å². The zero-order valence-corrected chi connectivity index (χ0v) is 9.93. The second-order valence-corrected chi connectivity index (χ2v) is 3.24. The van der Waals surface area contributed by atoms with Gasteiger partial charge in [-0.15, -0.1) is 0 Å². The molecule has 0 fully saturated rings. The molecular weight excluding hydrogens is 224 g/mol. The van der Waals surface area contributed by atoms with E-state index in [1.165, 1.54) is 7.11 Å². The predicted molar refractivity (Wildman–Crippen MR) is 64.6 cm³/mol. The van der Waals surface area contributed by atoms with E-state index in [0.717, 1.165) is 0 Å². The third kappa shape index (κ3) is 3.60. The summed E-state index contributed by atoms with van der Waals surface area (Å²) in [5.41, 5.74) is 0.389. The number of nitro benzene ring substituents is 1. The van der Waals surface area contributed by atoms with Crippen LogP contribution in [0.5, 0.6) is 5.75 Å². The van der Waals surface area contributed by atoms with Crippen molar-refractivity contribution in [3.8, 4) is 5.75 Å². The number of ether oxygens (including phenoxy) is 2. The fourth-order valence-corrected chi connectivity index (χ4v) is 1.42. The zero-order chi connectivity index (χ0) is 12.7. The van der Waals surface area contributed by atoms with Crippen LogP contribution in [0.2, 0.25) is 0 Å². The van der Waals surface area contributed by atoms with Crippen molar-refractivity contribution >= 4 is 11.4 Å². The van der Waals surface area contributed by atoms with Gasteiger partial charge in [0.2, 0.25) is 0 Å². The molecule has 0 atom stereocenters.